The summed E-state index contributed by atoms with van der Waals surface area (Å²) >= 11 is 0.960. The molecule has 22 heavy (non-hydrogen) atoms. The molecular weight excluding hydrogens is 322 g/mol. The van der Waals surface area contributed by atoms with Gasteiger partial charge in [0.1, 0.15) is 4.21 Å². The van der Waals surface area contributed by atoms with Crippen molar-refractivity contribution < 1.29 is 13.2 Å². The number of sulfonamides is 1. The van der Waals surface area contributed by atoms with Crippen molar-refractivity contribution in [3.05, 3.63) is 17.0 Å². The molecule has 1 aliphatic rings. The Morgan fingerprint density at radius 2 is 1.91 bits per heavy atom. The third-order valence-electron chi connectivity index (χ3n) is 3.82. The molecule has 1 aliphatic carbocycles. The summed E-state index contributed by atoms with van der Waals surface area (Å²) in [5.74, 6) is -0.270. The Morgan fingerprint density at radius 1 is 1.23 bits per heavy atom. The van der Waals surface area contributed by atoms with Crippen LogP contribution in [0.2, 0.25) is 0 Å². The lowest BCUT2D eigenvalue weighted by atomic mass is 10.1. The first kappa shape index (κ1) is 17.4. The topological polar surface area (TPSA) is 101 Å². The van der Waals surface area contributed by atoms with Crippen LogP contribution in [0.1, 0.15) is 48.9 Å². The van der Waals surface area contributed by atoms with Crippen LogP contribution in [0.25, 0.3) is 0 Å². The van der Waals surface area contributed by atoms with Gasteiger partial charge in [-0.05, 0) is 18.9 Å². The van der Waals surface area contributed by atoms with E-state index in [9.17, 15) is 13.2 Å². The molecule has 0 atom stereocenters. The Balaban J connectivity index is 1.72. The highest BCUT2D eigenvalue weighted by atomic mass is 32.2. The van der Waals surface area contributed by atoms with Gasteiger partial charge >= 0.3 is 0 Å². The average Bonchev–Trinajstić information content (AvgIpc) is 2.83. The summed E-state index contributed by atoms with van der Waals surface area (Å²) < 4.78 is 22.4. The molecule has 2 rings (SSSR count). The Labute approximate surface area is 135 Å². The van der Waals surface area contributed by atoms with E-state index in [0.29, 0.717) is 18.2 Å². The van der Waals surface area contributed by atoms with Gasteiger partial charge in [-0.15, -0.1) is 11.3 Å². The van der Waals surface area contributed by atoms with E-state index >= 15 is 0 Å². The molecule has 0 saturated heterocycles. The minimum atomic E-state index is -3.73. The summed E-state index contributed by atoms with van der Waals surface area (Å²) in [5, 5.41) is 12.8. The number of carbonyl (C=O) groups is 1. The first-order valence-electron chi connectivity index (χ1n) is 7.60. The number of rotatable bonds is 6. The molecule has 0 aliphatic heterocycles. The molecule has 0 unspecified atom stereocenters. The molecule has 124 valence electrons. The predicted octanol–water partition coefficient (Wildman–Crippen LogP) is 1.44. The Morgan fingerprint density at radius 3 is 2.50 bits per heavy atom. The van der Waals surface area contributed by atoms with E-state index in [2.05, 4.69) is 10.6 Å². The molecule has 1 aromatic heterocycles. The van der Waals surface area contributed by atoms with Gasteiger partial charge in [-0.2, -0.15) is 0 Å². The molecule has 1 fully saturated rings. The zero-order chi connectivity index (χ0) is 16.0. The Bertz CT molecular complexity index is 590. The molecule has 1 aromatic rings. The van der Waals surface area contributed by atoms with Gasteiger partial charge in [0.25, 0.3) is 5.91 Å². The summed E-state index contributed by atoms with van der Waals surface area (Å²) in [7, 11) is -3.73. The maximum atomic E-state index is 11.9. The zero-order valence-corrected chi connectivity index (χ0v) is 14.1. The van der Waals surface area contributed by atoms with Gasteiger partial charge in [-0.25, -0.2) is 13.6 Å². The highest BCUT2D eigenvalue weighted by Crippen LogP contribution is 2.19. The summed E-state index contributed by atoms with van der Waals surface area (Å²) in [6, 6.07) is 1.86. The lowest BCUT2D eigenvalue weighted by Gasteiger charge is -2.16. The van der Waals surface area contributed by atoms with E-state index in [0.717, 1.165) is 17.9 Å². The lowest BCUT2D eigenvalue weighted by Crippen LogP contribution is -2.36. The summed E-state index contributed by atoms with van der Waals surface area (Å²) in [4.78, 5) is 11.9. The third-order valence-corrected chi connectivity index (χ3v) is 6.20. The number of hydrogen-bond acceptors (Lipinski definition) is 5. The van der Waals surface area contributed by atoms with Gasteiger partial charge in [0.15, 0.2) is 0 Å². The van der Waals surface area contributed by atoms with Gasteiger partial charge in [0, 0.05) is 24.5 Å². The number of nitrogens with two attached hydrogens (primary N) is 1. The predicted molar refractivity (Wildman–Crippen MR) is 87.5 cm³/mol. The minimum Gasteiger partial charge on any atom is -0.351 e. The van der Waals surface area contributed by atoms with Crippen LogP contribution in [-0.4, -0.2) is 33.5 Å². The minimum absolute atomic E-state index is 0.00855. The van der Waals surface area contributed by atoms with E-state index in [1.165, 1.54) is 50.0 Å². The maximum Gasteiger partial charge on any atom is 0.252 e. The second-order valence-electron chi connectivity index (χ2n) is 5.60. The van der Waals surface area contributed by atoms with Crippen LogP contribution in [0.15, 0.2) is 15.7 Å². The van der Waals surface area contributed by atoms with Crippen LogP contribution in [0.4, 0.5) is 0 Å². The molecule has 0 spiro atoms. The fraction of sp³-hybridized carbons (Fsp3) is 0.643. The highest BCUT2D eigenvalue weighted by Gasteiger charge is 2.15. The van der Waals surface area contributed by atoms with Crippen molar-refractivity contribution in [1.82, 2.24) is 10.6 Å². The van der Waals surface area contributed by atoms with E-state index in [1.54, 1.807) is 0 Å². The molecule has 6 nitrogen and oxygen atoms in total. The van der Waals surface area contributed by atoms with Crippen molar-refractivity contribution >= 4 is 27.3 Å². The molecule has 0 radical (unpaired) electrons. The van der Waals surface area contributed by atoms with Crippen molar-refractivity contribution in [1.29, 1.82) is 0 Å². The molecule has 1 heterocycles. The highest BCUT2D eigenvalue weighted by molar-refractivity contribution is 7.91. The number of amides is 1. The van der Waals surface area contributed by atoms with Crippen LogP contribution in [0.3, 0.4) is 0 Å². The van der Waals surface area contributed by atoms with E-state index in [-0.39, 0.29) is 10.1 Å². The van der Waals surface area contributed by atoms with Gasteiger partial charge in [-0.3, -0.25) is 4.79 Å². The molecule has 8 heteroatoms. The van der Waals surface area contributed by atoms with Gasteiger partial charge in [0.05, 0.1) is 5.56 Å². The second-order valence-corrected chi connectivity index (χ2v) is 8.30. The molecule has 0 bridgehead atoms. The maximum absolute atomic E-state index is 11.9. The van der Waals surface area contributed by atoms with Crippen LogP contribution in [0.5, 0.6) is 0 Å². The lowest BCUT2D eigenvalue weighted by molar-refractivity contribution is 0.0954. The first-order valence-corrected chi connectivity index (χ1v) is 10.0. The van der Waals surface area contributed by atoms with Crippen molar-refractivity contribution in [2.24, 2.45) is 5.14 Å². The second kappa shape index (κ2) is 8.05. The van der Waals surface area contributed by atoms with Crippen LogP contribution >= 0.6 is 11.3 Å². The summed E-state index contributed by atoms with van der Waals surface area (Å²) in [6.07, 6.45) is 7.59. The smallest absolute Gasteiger partial charge is 0.252 e. The largest absolute Gasteiger partial charge is 0.351 e. The van der Waals surface area contributed by atoms with Crippen molar-refractivity contribution in [2.45, 2.75) is 48.8 Å². The van der Waals surface area contributed by atoms with Crippen molar-refractivity contribution in [3.8, 4) is 0 Å². The average molecular weight is 345 g/mol. The van der Waals surface area contributed by atoms with Crippen LogP contribution in [0, 0.1) is 0 Å². The standard InChI is InChI=1S/C14H23N3O3S2/c15-22(19,20)13-9-11(10-21-13)14(18)17-8-7-16-12-5-3-1-2-4-6-12/h9-10,12,16H,1-8H2,(H,17,18)(H2,15,19,20). The Hall–Kier alpha value is -0.960. The normalized spacial score (nSPS) is 17.1. The molecule has 0 aromatic carbocycles. The number of primary sulfonamides is 1. The van der Waals surface area contributed by atoms with Crippen molar-refractivity contribution in [3.63, 3.8) is 0 Å². The van der Waals surface area contributed by atoms with Gasteiger partial charge in [0.2, 0.25) is 10.0 Å². The van der Waals surface area contributed by atoms with Crippen LogP contribution < -0.4 is 15.8 Å². The first-order chi connectivity index (χ1) is 10.5. The van der Waals surface area contributed by atoms with Crippen molar-refractivity contribution in [2.75, 3.05) is 13.1 Å². The molecule has 4 N–H and O–H groups in total. The number of nitrogens with one attached hydrogen (secondary N) is 2. The van der Waals surface area contributed by atoms with Gasteiger partial charge < -0.3 is 10.6 Å². The SMILES string of the molecule is NS(=O)(=O)c1cc(C(=O)NCCNC2CCCCCC2)cs1. The van der Waals surface area contributed by atoms with Crippen LogP contribution in [-0.2, 0) is 10.0 Å². The fourth-order valence-electron chi connectivity index (χ4n) is 2.62. The third kappa shape index (κ3) is 5.35. The van der Waals surface area contributed by atoms with E-state index in [1.807, 2.05) is 0 Å². The number of thiophene rings is 1. The van der Waals surface area contributed by atoms with E-state index in [4.69, 9.17) is 5.14 Å². The Kier molecular flexibility index (Phi) is 6.37. The number of hydrogen-bond donors (Lipinski definition) is 3. The van der Waals surface area contributed by atoms with E-state index < -0.39 is 10.0 Å². The number of carbonyl (C=O) groups excluding carboxylic acids is 1. The molecule has 1 saturated carbocycles. The molecular formula is C14H23N3O3S2. The monoisotopic (exact) mass is 345 g/mol. The quantitative estimate of drug-likeness (QED) is 0.536. The fourth-order valence-corrected chi connectivity index (χ4v) is 4.21. The summed E-state index contributed by atoms with van der Waals surface area (Å²) in [6.45, 7) is 1.25. The van der Waals surface area contributed by atoms with Gasteiger partial charge in [-0.1, -0.05) is 25.7 Å². The summed E-state index contributed by atoms with van der Waals surface area (Å²) in [5.41, 5.74) is 0.337. The molecule has 1 amide bonds. The zero-order valence-electron chi connectivity index (χ0n) is 12.5.